The standard InChI is InChI=1S/C29H43N5O2/c1-4-32(5-2)29(35)30-21-15-23-22-7-6-8-25-28(22)24(16-27(23)33(18-21)17-20-9-10-20)26(31-25)19-34(3)11-13-36-14-12-34/h6-8,20-21,23,27,31H,4-5,9-19H2,1-3H3/p+1/t21-,23?,27+/m0/s1. The molecule has 0 spiro atoms. The largest absolute Gasteiger partial charge is 0.370 e. The van der Waals surface area contributed by atoms with E-state index in [1.54, 1.807) is 5.56 Å². The highest BCUT2D eigenvalue weighted by Crippen LogP contribution is 2.46. The Hall–Kier alpha value is -2.09. The van der Waals surface area contributed by atoms with E-state index in [1.165, 1.54) is 41.5 Å². The van der Waals surface area contributed by atoms with Gasteiger partial charge in [0.25, 0.3) is 0 Å². The van der Waals surface area contributed by atoms with Crippen LogP contribution in [0.2, 0.25) is 0 Å². The van der Waals surface area contributed by atoms with Gasteiger partial charge in [-0.2, -0.15) is 0 Å². The quantitative estimate of drug-likeness (QED) is 0.577. The average molecular weight is 495 g/mol. The van der Waals surface area contributed by atoms with Crippen LogP contribution in [0.4, 0.5) is 4.79 Å². The number of rotatable bonds is 7. The third-order valence-electron chi connectivity index (χ3n) is 9.45. The summed E-state index contributed by atoms with van der Waals surface area (Å²) < 4.78 is 6.73. The van der Waals surface area contributed by atoms with Gasteiger partial charge in [-0.25, -0.2) is 4.79 Å². The molecule has 1 aromatic heterocycles. The Balaban J connectivity index is 1.32. The number of quaternary nitrogens is 1. The number of nitrogens with one attached hydrogen (secondary N) is 2. The highest BCUT2D eigenvalue weighted by Gasteiger charge is 2.44. The Bertz CT molecular complexity index is 1100. The lowest BCUT2D eigenvalue weighted by atomic mass is 9.73. The summed E-state index contributed by atoms with van der Waals surface area (Å²) in [6.07, 6.45) is 4.87. The van der Waals surface area contributed by atoms with Gasteiger partial charge in [0.1, 0.15) is 19.6 Å². The summed E-state index contributed by atoms with van der Waals surface area (Å²) in [5, 5.41) is 4.89. The van der Waals surface area contributed by atoms with Gasteiger partial charge in [0.2, 0.25) is 0 Å². The van der Waals surface area contributed by atoms with E-state index in [1.807, 2.05) is 4.90 Å². The number of morpholine rings is 1. The smallest absolute Gasteiger partial charge is 0.317 e. The molecule has 7 nitrogen and oxygen atoms in total. The van der Waals surface area contributed by atoms with Crippen LogP contribution in [0.5, 0.6) is 0 Å². The molecule has 2 amide bonds. The molecule has 1 saturated carbocycles. The number of aromatic amines is 1. The number of aromatic nitrogens is 1. The third-order valence-corrected chi connectivity index (χ3v) is 9.45. The van der Waals surface area contributed by atoms with Crippen molar-refractivity contribution in [3.8, 4) is 0 Å². The van der Waals surface area contributed by atoms with Crippen molar-refractivity contribution in [1.82, 2.24) is 20.1 Å². The fraction of sp³-hybridized carbons (Fsp3) is 0.690. The maximum Gasteiger partial charge on any atom is 0.317 e. The predicted molar refractivity (Wildman–Crippen MR) is 143 cm³/mol. The Kier molecular flexibility index (Phi) is 6.51. The fourth-order valence-electron chi connectivity index (χ4n) is 7.14. The first-order valence-electron chi connectivity index (χ1n) is 14.3. The molecule has 7 heteroatoms. The zero-order valence-corrected chi connectivity index (χ0v) is 22.4. The van der Waals surface area contributed by atoms with Crippen LogP contribution in [0.3, 0.4) is 0 Å². The predicted octanol–water partition coefficient (Wildman–Crippen LogP) is 3.69. The van der Waals surface area contributed by atoms with Crippen molar-refractivity contribution < 1.29 is 14.0 Å². The van der Waals surface area contributed by atoms with E-state index < -0.39 is 0 Å². The first kappa shape index (κ1) is 24.3. The van der Waals surface area contributed by atoms with Gasteiger partial charge in [0.15, 0.2) is 0 Å². The van der Waals surface area contributed by atoms with E-state index >= 15 is 0 Å². The van der Waals surface area contributed by atoms with Crippen molar-refractivity contribution in [1.29, 1.82) is 0 Å². The molecule has 196 valence electrons. The molecule has 0 bridgehead atoms. The minimum Gasteiger partial charge on any atom is -0.370 e. The summed E-state index contributed by atoms with van der Waals surface area (Å²) in [5.74, 6) is 1.30. The van der Waals surface area contributed by atoms with Gasteiger partial charge in [-0.3, -0.25) is 4.90 Å². The Morgan fingerprint density at radius 2 is 2.00 bits per heavy atom. The minimum absolute atomic E-state index is 0.0935. The number of hydrogen-bond donors (Lipinski definition) is 2. The number of benzene rings is 1. The Labute approximate surface area is 215 Å². The topological polar surface area (TPSA) is 60.6 Å². The molecule has 3 atom stereocenters. The number of piperidine rings is 1. The number of nitrogens with zero attached hydrogens (tertiary/aromatic N) is 3. The fourth-order valence-corrected chi connectivity index (χ4v) is 7.14. The lowest BCUT2D eigenvalue weighted by Gasteiger charge is -2.48. The maximum atomic E-state index is 13.0. The minimum atomic E-state index is 0.0935. The summed E-state index contributed by atoms with van der Waals surface area (Å²) in [4.78, 5) is 21.5. The van der Waals surface area contributed by atoms with Crippen molar-refractivity contribution in [3.05, 3.63) is 35.0 Å². The highest BCUT2D eigenvalue weighted by atomic mass is 16.5. The maximum absolute atomic E-state index is 13.0. The number of likely N-dealkylation sites (N-methyl/N-ethyl adjacent to an activating group) is 1. The zero-order valence-electron chi connectivity index (χ0n) is 22.4. The second-order valence-electron chi connectivity index (χ2n) is 12.0. The Morgan fingerprint density at radius 1 is 1.22 bits per heavy atom. The normalized spacial score (nSPS) is 27.6. The van der Waals surface area contributed by atoms with Crippen LogP contribution < -0.4 is 5.32 Å². The molecule has 1 unspecified atom stereocenters. The van der Waals surface area contributed by atoms with E-state index in [0.717, 1.165) is 75.7 Å². The van der Waals surface area contributed by atoms with E-state index in [0.29, 0.717) is 12.0 Å². The number of ether oxygens (including phenoxy) is 1. The summed E-state index contributed by atoms with van der Waals surface area (Å²) >= 11 is 0. The first-order valence-corrected chi connectivity index (χ1v) is 14.3. The van der Waals surface area contributed by atoms with Crippen molar-refractivity contribution in [3.63, 3.8) is 0 Å². The summed E-state index contributed by atoms with van der Waals surface area (Å²) in [6.45, 7) is 12.7. The molecule has 3 fully saturated rings. The average Bonchev–Trinajstić information content (AvgIpc) is 3.62. The number of fused-ring (bicyclic) bond motifs is 2. The van der Waals surface area contributed by atoms with E-state index in [9.17, 15) is 4.79 Å². The van der Waals surface area contributed by atoms with Gasteiger partial charge >= 0.3 is 6.03 Å². The number of hydrogen-bond acceptors (Lipinski definition) is 3. The van der Waals surface area contributed by atoms with Crippen molar-refractivity contribution in [2.24, 2.45) is 5.92 Å². The zero-order chi connectivity index (χ0) is 24.9. The first-order chi connectivity index (χ1) is 17.5. The molecule has 6 rings (SSSR count). The molecule has 3 heterocycles. The molecule has 1 aromatic carbocycles. The van der Waals surface area contributed by atoms with Crippen LogP contribution in [0.25, 0.3) is 10.9 Å². The van der Waals surface area contributed by atoms with Crippen molar-refractivity contribution in [2.45, 2.75) is 64.1 Å². The van der Waals surface area contributed by atoms with Crippen LogP contribution in [0.1, 0.15) is 55.8 Å². The van der Waals surface area contributed by atoms with Crippen LogP contribution in [-0.2, 0) is 17.7 Å². The molecule has 36 heavy (non-hydrogen) atoms. The van der Waals surface area contributed by atoms with Crippen molar-refractivity contribution >= 4 is 16.9 Å². The number of likely N-dealkylation sites (tertiary alicyclic amines) is 1. The lowest BCUT2D eigenvalue weighted by molar-refractivity contribution is -0.929. The molecule has 4 aliphatic rings. The summed E-state index contributed by atoms with van der Waals surface area (Å²) in [6, 6.07) is 7.68. The molecular formula is C29H44N5O2+. The lowest BCUT2D eigenvalue weighted by Crippen LogP contribution is -2.58. The number of urea groups is 1. The number of carbonyl (C=O) groups is 1. The second kappa shape index (κ2) is 9.66. The second-order valence-corrected chi connectivity index (χ2v) is 12.0. The van der Waals surface area contributed by atoms with Gasteiger partial charge in [0, 0.05) is 55.1 Å². The molecule has 2 aliphatic carbocycles. The van der Waals surface area contributed by atoms with Gasteiger partial charge in [-0.05, 0) is 62.6 Å². The van der Waals surface area contributed by atoms with E-state index in [-0.39, 0.29) is 12.1 Å². The van der Waals surface area contributed by atoms with Crippen LogP contribution in [0, 0.1) is 5.92 Å². The summed E-state index contributed by atoms with van der Waals surface area (Å²) in [7, 11) is 2.39. The van der Waals surface area contributed by atoms with Gasteiger partial charge in [-0.15, -0.1) is 0 Å². The molecule has 2 saturated heterocycles. The number of amides is 2. The molecule has 0 radical (unpaired) electrons. The van der Waals surface area contributed by atoms with Crippen LogP contribution >= 0.6 is 0 Å². The van der Waals surface area contributed by atoms with Gasteiger partial charge in [-0.1, -0.05) is 12.1 Å². The summed E-state index contributed by atoms with van der Waals surface area (Å²) in [5.41, 5.74) is 5.77. The molecule has 2 N–H and O–H groups in total. The van der Waals surface area contributed by atoms with Gasteiger partial charge < -0.3 is 24.4 Å². The van der Waals surface area contributed by atoms with Gasteiger partial charge in [0.05, 0.1) is 26.0 Å². The highest BCUT2D eigenvalue weighted by molar-refractivity contribution is 5.89. The van der Waals surface area contributed by atoms with Crippen molar-refractivity contribution in [2.75, 3.05) is 59.5 Å². The number of H-pyrrole nitrogens is 1. The van der Waals surface area contributed by atoms with E-state index in [2.05, 4.69) is 54.3 Å². The Morgan fingerprint density at radius 3 is 2.72 bits per heavy atom. The molecule has 2 aliphatic heterocycles. The van der Waals surface area contributed by atoms with Crippen LogP contribution in [0.15, 0.2) is 18.2 Å². The third kappa shape index (κ3) is 4.54. The van der Waals surface area contributed by atoms with Crippen LogP contribution in [-0.4, -0.2) is 96.9 Å². The monoisotopic (exact) mass is 494 g/mol. The number of carbonyl (C=O) groups excluding carboxylic acids is 1. The SMILES string of the molecule is CCN(CC)C(=O)N[C@H]1CC2c3cccc4[nH]c(C[N+]5(C)CCOCC5)c(c34)C[C@H]2N(CC2CC2)C1. The molecule has 2 aromatic rings. The van der Waals surface area contributed by atoms with E-state index in [4.69, 9.17) is 4.74 Å². The molecular weight excluding hydrogens is 450 g/mol.